The van der Waals surface area contributed by atoms with Crippen LogP contribution in [0.25, 0.3) is 6.08 Å². The molecule has 0 radical (unpaired) electrons. The average molecular weight is 228 g/mol. The standard InChI is InChI=1S/C9H10ClN3O2/c1-15-8(14)4-2-3-6-5-7(10)12-13-9(6)11/h2-3,5H,4H2,1H3,(H2,11,13). The van der Waals surface area contributed by atoms with Crippen LogP contribution in [0.2, 0.25) is 5.15 Å². The van der Waals surface area contributed by atoms with E-state index < -0.39 is 0 Å². The van der Waals surface area contributed by atoms with Crippen molar-refractivity contribution in [1.29, 1.82) is 0 Å². The molecule has 0 fully saturated rings. The third-order valence-electron chi connectivity index (χ3n) is 1.63. The number of nitrogens with two attached hydrogens (primary N) is 1. The molecule has 2 N–H and O–H groups in total. The lowest BCUT2D eigenvalue weighted by Gasteiger charge is -1.98. The second-order valence-electron chi connectivity index (χ2n) is 2.69. The Labute approximate surface area is 91.9 Å². The molecule has 0 aliphatic rings. The van der Waals surface area contributed by atoms with Crippen LogP contribution in [-0.4, -0.2) is 23.3 Å². The van der Waals surface area contributed by atoms with Gasteiger partial charge in [0.1, 0.15) is 0 Å². The van der Waals surface area contributed by atoms with Gasteiger partial charge in [-0.15, -0.1) is 10.2 Å². The zero-order valence-corrected chi connectivity index (χ0v) is 8.86. The van der Waals surface area contributed by atoms with Crippen LogP contribution in [0, 0.1) is 0 Å². The number of methoxy groups -OCH3 is 1. The van der Waals surface area contributed by atoms with Gasteiger partial charge in [-0.3, -0.25) is 4.79 Å². The summed E-state index contributed by atoms with van der Waals surface area (Å²) in [5, 5.41) is 7.44. The van der Waals surface area contributed by atoms with Crippen LogP contribution in [-0.2, 0) is 9.53 Å². The number of carbonyl (C=O) groups excluding carboxylic acids is 1. The first-order valence-electron chi connectivity index (χ1n) is 4.15. The maximum Gasteiger partial charge on any atom is 0.309 e. The lowest BCUT2D eigenvalue weighted by atomic mass is 10.2. The minimum Gasteiger partial charge on any atom is -0.469 e. The van der Waals surface area contributed by atoms with E-state index in [4.69, 9.17) is 17.3 Å². The number of halogens is 1. The molecule has 5 nitrogen and oxygen atoms in total. The predicted molar refractivity (Wildman–Crippen MR) is 57.1 cm³/mol. The van der Waals surface area contributed by atoms with Crippen molar-refractivity contribution in [3.8, 4) is 0 Å². The number of nitrogens with zero attached hydrogens (tertiary/aromatic N) is 2. The molecule has 1 aromatic rings. The van der Waals surface area contributed by atoms with Crippen LogP contribution < -0.4 is 5.73 Å². The average Bonchev–Trinajstić information content (AvgIpc) is 2.23. The Morgan fingerprint density at radius 3 is 3.07 bits per heavy atom. The van der Waals surface area contributed by atoms with E-state index in [9.17, 15) is 4.79 Å². The lowest BCUT2D eigenvalue weighted by Crippen LogP contribution is -1.98. The summed E-state index contributed by atoms with van der Waals surface area (Å²) in [6.07, 6.45) is 3.44. The fourth-order valence-electron chi connectivity index (χ4n) is 0.889. The van der Waals surface area contributed by atoms with Crippen molar-refractivity contribution in [1.82, 2.24) is 10.2 Å². The molecular formula is C9H10ClN3O2. The lowest BCUT2D eigenvalue weighted by molar-refractivity contribution is -0.139. The van der Waals surface area contributed by atoms with E-state index in [0.717, 1.165) is 0 Å². The molecule has 1 aromatic heterocycles. The van der Waals surface area contributed by atoms with Crippen molar-refractivity contribution < 1.29 is 9.53 Å². The van der Waals surface area contributed by atoms with Crippen molar-refractivity contribution in [2.75, 3.05) is 12.8 Å². The van der Waals surface area contributed by atoms with Crippen LogP contribution in [0.15, 0.2) is 12.1 Å². The summed E-state index contributed by atoms with van der Waals surface area (Å²) in [7, 11) is 1.33. The molecule has 15 heavy (non-hydrogen) atoms. The second kappa shape index (κ2) is 5.31. The van der Waals surface area contributed by atoms with Crippen molar-refractivity contribution in [2.24, 2.45) is 0 Å². The normalized spacial score (nSPS) is 10.5. The summed E-state index contributed by atoms with van der Waals surface area (Å²) in [6, 6.07) is 1.57. The molecule has 0 aliphatic carbocycles. The van der Waals surface area contributed by atoms with E-state index >= 15 is 0 Å². The quantitative estimate of drug-likeness (QED) is 0.788. The van der Waals surface area contributed by atoms with Gasteiger partial charge in [0.15, 0.2) is 11.0 Å². The van der Waals surface area contributed by atoms with Crippen LogP contribution in [0.1, 0.15) is 12.0 Å². The van der Waals surface area contributed by atoms with E-state index in [1.807, 2.05) is 0 Å². The minimum absolute atomic E-state index is 0.176. The number of anilines is 1. The highest BCUT2D eigenvalue weighted by molar-refractivity contribution is 6.29. The SMILES string of the molecule is COC(=O)CC=Cc1cc(Cl)nnc1N. The summed E-state index contributed by atoms with van der Waals surface area (Å²) in [6.45, 7) is 0. The number of carbonyl (C=O) groups is 1. The van der Waals surface area contributed by atoms with Crippen molar-refractivity contribution in [3.05, 3.63) is 22.9 Å². The van der Waals surface area contributed by atoms with E-state index in [1.54, 1.807) is 18.2 Å². The molecule has 0 aliphatic heterocycles. The van der Waals surface area contributed by atoms with Gasteiger partial charge in [-0.05, 0) is 6.07 Å². The van der Waals surface area contributed by atoms with E-state index in [2.05, 4.69) is 14.9 Å². The highest BCUT2D eigenvalue weighted by Gasteiger charge is 2.00. The fourth-order valence-corrected chi connectivity index (χ4v) is 1.04. The van der Waals surface area contributed by atoms with Gasteiger partial charge >= 0.3 is 5.97 Å². The van der Waals surface area contributed by atoms with Gasteiger partial charge in [0.25, 0.3) is 0 Å². The number of nitrogen functional groups attached to an aromatic ring is 1. The molecular weight excluding hydrogens is 218 g/mol. The van der Waals surface area contributed by atoms with Gasteiger partial charge in [0.2, 0.25) is 0 Å². The highest BCUT2D eigenvalue weighted by atomic mass is 35.5. The third kappa shape index (κ3) is 3.55. The Balaban J connectivity index is 2.71. The van der Waals surface area contributed by atoms with Gasteiger partial charge < -0.3 is 10.5 Å². The van der Waals surface area contributed by atoms with Crippen molar-refractivity contribution in [3.63, 3.8) is 0 Å². The zero-order chi connectivity index (χ0) is 11.3. The Morgan fingerprint density at radius 2 is 2.40 bits per heavy atom. The Kier molecular flexibility index (Phi) is 4.05. The molecule has 1 rings (SSSR count). The number of hydrogen-bond donors (Lipinski definition) is 1. The molecule has 0 aromatic carbocycles. The first kappa shape index (κ1) is 11.5. The molecule has 0 atom stereocenters. The Bertz CT molecular complexity index is 393. The topological polar surface area (TPSA) is 78.1 Å². The van der Waals surface area contributed by atoms with Crippen molar-refractivity contribution >= 4 is 29.5 Å². The number of esters is 1. The number of aromatic nitrogens is 2. The predicted octanol–water partition coefficient (Wildman–Crippen LogP) is 1.29. The van der Waals surface area contributed by atoms with Crippen LogP contribution in [0.3, 0.4) is 0 Å². The number of rotatable bonds is 3. The second-order valence-corrected chi connectivity index (χ2v) is 3.08. The number of hydrogen-bond acceptors (Lipinski definition) is 5. The van der Waals surface area contributed by atoms with E-state index in [-0.39, 0.29) is 23.4 Å². The summed E-state index contributed by atoms with van der Waals surface area (Å²) < 4.78 is 4.47. The summed E-state index contributed by atoms with van der Waals surface area (Å²) in [5.74, 6) is -0.0570. The molecule has 0 spiro atoms. The van der Waals surface area contributed by atoms with E-state index in [1.165, 1.54) is 7.11 Å². The zero-order valence-electron chi connectivity index (χ0n) is 8.11. The maximum atomic E-state index is 10.8. The first-order chi connectivity index (χ1) is 7.13. The molecule has 0 unspecified atom stereocenters. The first-order valence-corrected chi connectivity index (χ1v) is 4.53. The van der Waals surface area contributed by atoms with Crippen LogP contribution >= 0.6 is 11.6 Å². The minimum atomic E-state index is -0.321. The fraction of sp³-hybridized carbons (Fsp3) is 0.222. The molecule has 0 amide bonds. The van der Waals surface area contributed by atoms with Gasteiger partial charge in [-0.1, -0.05) is 23.8 Å². The Morgan fingerprint density at radius 1 is 1.67 bits per heavy atom. The maximum absolute atomic E-state index is 10.8. The Hall–Kier alpha value is -1.62. The molecule has 0 saturated heterocycles. The largest absolute Gasteiger partial charge is 0.469 e. The third-order valence-corrected chi connectivity index (χ3v) is 1.82. The van der Waals surface area contributed by atoms with Gasteiger partial charge in [0.05, 0.1) is 13.5 Å². The highest BCUT2D eigenvalue weighted by Crippen LogP contribution is 2.13. The smallest absolute Gasteiger partial charge is 0.309 e. The summed E-state index contributed by atoms with van der Waals surface area (Å²) in [5.41, 5.74) is 6.16. The molecule has 1 heterocycles. The van der Waals surface area contributed by atoms with Crippen LogP contribution in [0.5, 0.6) is 0 Å². The van der Waals surface area contributed by atoms with Gasteiger partial charge in [0, 0.05) is 5.56 Å². The summed E-state index contributed by atoms with van der Waals surface area (Å²) >= 11 is 5.63. The molecule has 80 valence electrons. The van der Waals surface area contributed by atoms with Gasteiger partial charge in [-0.2, -0.15) is 0 Å². The van der Waals surface area contributed by atoms with Crippen molar-refractivity contribution in [2.45, 2.75) is 6.42 Å². The van der Waals surface area contributed by atoms with E-state index in [0.29, 0.717) is 5.56 Å². The van der Waals surface area contributed by atoms with Crippen LogP contribution in [0.4, 0.5) is 5.82 Å². The van der Waals surface area contributed by atoms with Gasteiger partial charge in [-0.25, -0.2) is 0 Å². The molecule has 0 bridgehead atoms. The molecule has 6 heteroatoms. The monoisotopic (exact) mass is 227 g/mol. The number of ether oxygens (including phenoxy) is 1. The molecule has 0 saturated carbocycles. The summed E-state index contributed by atoms with van der Waals surface area (Å²) in [4.78, 5) is 10.8.